The van der Waals surface area contributed by atoms with Crippen LogP contribution in [0.25, 0.3) is 0 Å². The van der Waals surface area contributed by atoms with Gasteiger partial charge in [-0.3, -0.25) is 9.69 Å². The molecule has 0 saturated carbocycles. The quantitative estimate of drug-likeness (QED) is 0.897. The van der Waals surface area contributed by atoms with Crippen LogP contribution in [0, 0.1) is 0 Å². The number of rotatable bonds is 5. The third-order valence-corrected chi connectivity index (χ3v) is 3.53. The monoisotopic (exact) mass is 285 g/mol. The number of methoxy groups -OCH3 is 2. The highest BCUT2D eigenvalue weighted by molar-refractivity contribution is 6.30. The molecule has 1 heterocycles. The van der Waals surface area contributed by atoms with E-state index in [4.69, 9.17) is 26.2 Å². The molecule has 104 valence electrons. The number of carboxylic acids is 1. The Morgan fingerprint density at radius 2 is 2.21 bits per heavy atom. The molecule has 0 unspecified atom stereocenters. The molecule has 0 bridgehead atoms. The number of halogens is 1. The molecule has 1 aliphatic rings. The number of carbonyl (C=O) groups is 1. The molecule has 5 nitrogen and oxygen atoms in total. The van der Waals surface area contributed by atoms with Crippen molar-refractivity contribution < 1.29 is 19.4 Å². The van der Waals surface area contributed by atoms with Crippen molar-refractivity contribution in [2.45, 2.75) is 19.0 Å². The summed E-state index contributed by atoms with van der Waals surface area (Å²) in [7, 11) is 3.10. The van der Waals surface area contributed by atoms with E-state index in [1.807, 2.05) is 4.90 Å². The predicted octanol–water partition coefficient (Wildman–Crippen LogP) is 2.02. The number of nitrogens with zero attached hydrogens (tertiary/aromatic N) is 1. The maximum atomic E-state index is 11.0. The molecule has 0 aromatic heterocycles. The van der Waals surface area contributed by atoms with Crippen molar-refractivity contribution in [2.24, 2.45) is 0 Å². The first-order valence-corrected chi connectivity index (χ1v) is 6.32. The first-order chi connectivity index (χ1) is 9.06. The van der Waals surface area contributed by atoms with E-state index in [1.165, 1.54) is 0 Å². The Labute approximate surface area is 116 Å². The number of hydrogen-bond donors (Lipinski definition) is 1. The molecule has 0 amide bonds. The smallest absolute Gasteiger partial charge is 0.320 e. The summed E-state index contributed by atoms with van der Waals surface area (Å²) in [6.45, 7) is 1.24. The van der Waals surface area contributed by atoms with Crippen LogP contribution in [0.1, 0.15) is 12.0 Å². The van der Waals surface area contributed by atoms with Crippen LogP contribution in [0.4, 0.5) is 0 Å². The second kappa shape index (κ2) is 5.67. The number of likely N-dealkylation sites (tertiary alicyclic amines) is 1. The minimum Gasteiger partial charge on any atom is -0.493 e. The zero-order valence-electron chi connectivity index (χ0n) is 10.9. The zero-order chi connectivity index (χ0) is 14.0. The fraction of sp³-hybridized carbons (Fsp3) is 0.462. The SMILES string of the molecule is COc1cc(Cl)cc(CN2CC[C@H]2C(=O)O)c1OC. The highest BCUT2D eigenvalue weighted by atomic mass is 35.5. The van der Waals surface area contributed by atoms with Gasteiger partial charge in [0.05, 0.1) is 14.2 Å². The Hall–Kier alpha value is -1.46. The summed E-state index contributed by atoms with van der Waals surface area (Å²) in [5.41, 5.74) is 0.831. The second-order valence-corrected chi connectivity index (χ2v) is 4.85. The Morgan fingerprint density at radius 1 is 1.47 bits per heavy atom. The number of ether oxygens (including phenoxy) is 2. The van der Waals surface area contributed by atoms with Crippen molar-refractivity contribution in [1.82, 2.24) is 4.90 Å². The fourth-order valence-corrected chi connectivity index (χ4v) is 2.48. The summed E-state index contributed by atoms with van der Waals surface area (Å²) < 4.78 is 10.6. The molecule has 1 aromatic carbocycles. The van der Waals surface area contributed by atoms with Gasteiger partial charge in [-0.05, 0) is 12.5 Å². The number of aliphatic carboxylic acids is 1. The molecule has 6 heteroatoms. The molecule has 1 aliphatic heterocycles. The van der Waals surface area contributed by atoms with Gasteiger partial charge in [0.25, 0.3) is 0 Å². The van der Waals surface area contributed by atoms with Crippen LogP contribution in [0.15, 0.2) is 12.1 Å². The summed E-state index contributed by atoms with van der Waals surface area (Å²) in [6, 6.07) is 3.03. The van der Waals surface area contributed by atoms with Crippen molar-refractivity contribution in [3.05, 3.63) is 22.7 Å². The highest BCUT2D eigenvalue weighted by Crippen LogP contribution is 2.36. The van der Waals surface area contributed by atoms with Crippen LogP contribution in [-0.4, -0.2) is 42.8 Å². The maximum Gasteiger partial charge on any atom is 0.320 e. The van der Waals surface area contributed by atoms with Crippen LogP contribution in [0.5, 0.6) is 11.5 Å². The first-order valence-electron chi connectivity index (χ1n) is 5.94. The van der Waals surface area contributed by atoms with Crippen LogP contribution >= 0.6 is 11.6 Å². The fourth-order valence-electron chi connectivity index (χ4n) is 2.25. The molecule has 1 saturated heterocycles. The summed E-state index contributed by atoms with van der Waals surface area (Å²) in [5, 5.41) is 9.58. The standard InChI is InChI=1S/C13H16ClNO4/c1-18-11-6-9(14)5-8(12(11)19-2)7-15-4-3-10(15)13(16)17/h5-6,10H,3-4,7H2,1-2H3,(H,16,17)/t10-/m0/s1. The summed E-state index contributed by atoms with van der Waals surface area (Å²) in [4.78, 5) is 12.9. The van der Waals surface area contributed by atoms with E-state index in [-0.39, 0.29) is 0 Å². The third-order valence-electron chi connectivity index (χ3n) is 3.31. The molecule has 19 heavy (non-hydrogen) atoms. The van der Waals surface area contributed by atoms with E-state index in [0.29, 0.717) is 29.5 Å². The van der Waals surface area contributed by atoms with Crippen molar-refractivity contribution >= 4 is 17.6 Å². The molecule has 0 spiro atoms. The Morgan fingerprint density at radius 3 is 2.68 bits per heavy atom. The van der Waals surface area contributed by atoms with E-state index < -0.39 is 12.0 Å². The molecule has 1 fully saturated rings. The average molecular weight is 286 g/mol. The van der Waals surface area contributed by atoms with E-state index in [0.717, 1.165) is 12.1 Å². The van der Waals surface area contributed by atoms with Crippen LogP contribution in [0.2, 0.25) is 5.02 Å². The van der Waals surface area contributed by atoms with Crippen molar-refractivity contribution in [2.75, 3.05) is 20.8 Å². The summed E-state index contributed by atoms with van der Waals surface area (Å²) in [5.74, 6) is 0.361. The second-order valence-electron chi connectivity index (χ2n) is 4.41. The predicted molar refractivity (Wildman–Crippen MR) is 71.0 cm³/mol. The van der Waals surface area contributed by atoms with Crippen molar-refractivity contribution in [3.63, 3.8) is 0 Å². The lowest BCUT2D eigenvalue weighted by Crippen LogP contribution is -2.51. The Balaban J connectivity index is 2.24. The zero-order valence-corrected chi connectivity index (χ0v) is 11.6. The lowest BCUT2D eigenvalue weighted by molar-refractivity contribution is -0.148. The van der Waals surface area contributed by atoms with Gasteiger partial charge in [-0.2, -0.15) is 0 Å². The van der Waals surface area contributed by atoms with Gasteiger partial charge < -0.3 is 14.6 Å². The van der Waals surface area contributed by atoms with Gasteiger partial charge in [0, 0.05) is 29.7 Å². The molecular formula is C13H16ClNO4. The van der Waals surface area contributed by atoms with E-state index in [2.05, 4.69) is 0 Å². The Bertz CT molecular complexity index is 492. The largest absolute Gasteiger partial charge is 0.493 e. The van der Waals surface area contributed by atoms with E-state index in [1.54, 1.807) is 26.4 Å². The molecule has 1 atom stereocenters. The normalized spacial score (nSPS) is 18.8. The van der Waals surface area contributed by atoms with Crippen molar-refractivity contribution in [3.8, 4) is 11.5 Å². The highest BCUT2D eigenvalue weighted by Gasteiger charge is 2.34. The van der Waals surface area contributed by atoms with E-state index in [9.17, 15) is 4.79 Å². The van der Waals surface area contributed by atoms with Gasteiger partial charge in [-0.25, -0.2) is 0 Å². The lowest BCUT2D eigenvalue weighted by atomic mass is 10.0. The van der Waals surface area contributed by atoms with Gasteiger partial charge in [-0.15, -0.1) is 0 Å². The summed E-state index contributed by atoms with van der Waals surface area (Å²) >= 11 is 6.03. The minimum atomic E-state index is -0.792. The van der Waals surface area contributed by atoms with Crippen LogP contribution in [-0.2, 0) is 11.3 Å². The van der Waals surface area contributed by atoms with Gasteiger partial charge in [0.2, 0.25) is 0 Å². The Kier molecular flexibility index (Phi) is 4.17. The molecule has 0 radical (unpaired) electrons. The van der Waals surface area contributed by atoms with Crippen LogP contribution in [0.3, 0.4) is 0 Å². The summed E-state index contributed by atoms with van der Waals surface area (Å²) in [6.07, 6.45) is 0.676. The maximum absolute atomic E-state index is 11.0. The van der Waals surface area contributed by atoms with Gasteiger partial charge in [0.1, 0.15) is 6.04 Å². The number of hydrogen-bond acceptors (Lipinski definition) is 4. The topological polar surface area (TPSA) is 59.0 Å². The van der Waals surface area contributed by atoms with Crippen molar-refractivity contribution in [1.29, 1.82) is 0 Å². The average Bonchev–Trinajstić information content (AvgIpc) is 2.32. The first kappa shape index (κ1) is 14.0. The molecule has 1 N–H and O–H groups in total. The molecule has 0 aliphatic carbocycles. The lowest BCUT2D eigenvalue weighted by Gasteiger charge is -2.38. The van der Waals surface area contributed by atoms with Crippen LogP contribution < -0.4 is 9.47 Å². The number of carboxylic acid groups (broad SMARTS) is 1. The third kappa shape index (κ3) is 2.77. The number of benzene rings is 1. The minimum absolute atomic E-state index is 0.422. The molecule has 2 rings (SSSR count). The van der Waals surface area contributed by atoms with Gasteiger partial charge in [-0.1, -0.05) is 11.6 Å². The van der Waals surface area contributed by atoms with Gasteiger partial charge in [0.15, 0.2) is 11.5 Å². The molecule has 1 aromatic rings. The molecular weight excluding hydrogens is 270 g/mol. The van der Waals surface area contributed by atoms with E-state index >= 15 is 0 Å². The van der Waals surface area contributed by atoms with Gasteiger partial charge >= 0.3 is 5.97 Å².